The van der Waals surface area contributed by atoms with E-state index in [9.17, 15) is 10.1 Å². The molecule has 1 N–H and O–H groups in total. The molecule has 7 heteroatoms. The van der Waals surface area contributed by atoms with Gasteiger partial charge in [0.2, 0.25) is 0 Å². The Kier molecular flexibility index (Phi) is 4.16. The number of nitro benzene ring substituents is 1. The molecule has 0 unspecified atom stereocenters. The van der Waals surface area contributed by atoms with E-state index in [1.807, 2.05) is 32.9 Å². The molecule has 3 aromatic rings. The van der Waals surface area contributed by atoms with Crippen molar-refractivity contribution in [2.45, 2.75) is 27.2 Å². The van der Waals surface area contributed by atoms with Crippen LogP contribution >= 0.6 is 0 Å². The van der Waals surface area contributed by atoms with Gasteiger partial charge in [0, 0.05) is 34.9 Å². The number of nitrogens with one attached hydrogen (secondary N) is 1. The molecule has 0 saturated carbocycles. The molecule has 124 valence electrons. The van der Waals surface area contributed by atoms with Crippen LogP contribution in [0.4, 0.5) is 11.4 Å². The minimum absolute atomic E-state index is 0.0185. The maximum Gasteiger partial charge on any atom is 0.295 e. The fourth-order valence-electron chi connectivity index (χ4n) is 2.84. The van der Waals surface area contributed by atoms with Crippen molar-refractivity contribution in [2.75, 3.05) is 11.9 Å². The summed E-state index contributed by atoms with van der Waals surface area (Å²) < 4.78 is 5.17. The monoisotopic (exact) mass is 326 g/mol. The number of para-hydroxylation sites is 1. The van der Waals surface area contributed by atoms with E-state index < -0.39 is 4.92 Å². The third-order valence-corrected chi connectivity index (χ3v) is 4.01. The molecule has 0 aliphatic rings. The maximum atomic E-state index is 11.2. The average molecular weight is 326 g/mol. The lowest BCUT2D eigenvalue weighted by Gasteiger charge is -2.11. The first-order chi connectivity index (χ1) is 11.5. The van der Waals surface area contributed by atoms with Crippen molar-refractivity contribution in [3.8, 4) is 0 Å². The second-order valence-electron chi connectivity index (χ2n) is 5.72. The van der Waals surface area contributed by atoms with Crippen LogP contribution in [0.1, 0.15) is 22.7 Å². The summed E-state index contributed by atoms with van der Waals surface area (Å²) in [5, 5.41) is 19.3. The van der Waals surface area contributed by atoms with Crippen molar-refractivity contribution in [1.29, 1.82) is 0 Å². The molecule has 0 radical (unpaired) electrons. The second kappa shape index (κ2) is 6.27. The first-order valence-electron chi connectivity index (χ1n) is 7.67. The quantitative estimate of drug-likeness (QED) is 0.567. The summed E-state index contributed by atoms with van der Waals surface area (Å²) in [7, 11) is 0. The summed E-state index contributed by atoms with van der Waals surface area (Å²) in [5.41, 5.74) is 3.97. The Morgan fingerprint density at radius 2 is 2.08 bits per heavy atom. The number of aromatic nitrogens is 2. The zero-order valence-electron chi connectivity index (χ0n) is 13.8. The summed E-state index contributed by atoms with van der Waals surface area (Å²) in [6.45, 7) is 6.31. The predicted octanol–water partition coefficient (Wildman–Crippen LogP) is 3.71. The van der Waals surface area contributed by atoms with Crippen LogP contribution < -0.4 is 5.32 Å². The third kappa shape index (κ3) is 2.92. The summed E-state index contributed by atoms with van der Waals surface area (Å²) in [4.78, 5) is 15.1. The van der Waals surface area contributed by atoms with Crippen LogP contribution in [0.15, 0.2) is 28.8 Å². The zero-order chi connectivity index (χ0) is 17.3. The first-order valence-corrected chi connectivity index (χ1v) is 7.67. The number of benzene rings is 1. The Balaban J connectivity index is 1.89. The first kappa shape index (κ1) is 15.9. The van der Waals surface area contributed by atoms with Crippen LogP contribution in [0.25, 0.3) is 10.9 Å². The topological polar surface area (TPSA) is 94.1 Å². The molecule has 0 atom stereocenters. The van der Waals surface area contributed by atoms with Crippen LogP contribution in [0.5, 0.6) is 0 Å². The van der Waals surface area contributed by atoms with Gasteiger partial charge < -0.3 is 9.84 Å². The lowest BCUT2D eigenvalue weighted by atomic mass is 10.1. The zero-order valence-corrected chi connectivity index (χ0v) is 13.8. The van der Waals surface area contributed by atoms with Gasteiger partial charge in [0.05, 0.1) is 10.6 Å². The minimum atomic E-state index is -0.400. The van der Waals surface area contributed by atoms with Gasteiger partial charge >= 0.3 is 0 Å². The minimum Gasteiger partial charge on any atom is -0.384 e. The number of anilines is 1. The molecule has 0 fully saturated rings. The van der Waals surface area contributed by atoms with Crippen molar-refractivity contribution in [3.63, 3.8) is 0 Å². The number of non-ortho nitro benzene ring substituents is 1. The number of aryl methyl sites for hydroxylation is 3. The van der Waals surface area contributed by atoms with Gasteiger partial charge in [-0.05, 0) is 33.3 Å². The van der Waals surface area contributed by atoms with Gasteiger partial charge in [-0.15, -0.1) is 0 Å². The van der Waals surface area contributed by atoms with Crippen molar-refractivity contribution in [3.05, 3.63) is 57.1 Å². The molecule has 0 spiro atoms. The highest BCUT2D eigenvalue weighted by molar-refractivity contribution is 5.96. The number of hydrogen-bond donors (Lipinski definition) is 1. The smallest absolute Gasteiger partial charge is 0.295 e. The average Bonchev–Trinajstić information content (AvgIpc) is 2.85. The molecule has 0 bridgehead atoms. The SMILES string of the molecule is Cc1cc(NCCc2c(C)noc2C)c2cccc([N+](=O)[O-])c2n1. The van der Waals surface area contributed by atoms with E-state index >= 15 is 0 Å². The van der Waals surface area contributed by atoms with E-state index in [1.54, 1.807) is 6.07 Å². The summed E-state index contributed by atoms with van der Waals surface area (Å²) in [5.74, 6) is 0.820. The number of fused-ring (bicyclic) bond motifs is 1. The molecule has 7 nitrogen and oxygen atoms in total. The van der Waals surface area contributed by atoms with Gasteiger partial charge in [-0.1, -0.05) is 17.3 Å². The molecule has 3 rings (SSSR count). The van der Waals surface area contributed by atoms with E-state index in [4.69, 9.17) is 4.52 Å². The molecule has 0 aliphatic heterocycles. The number of nitro groups is 1. The van der Waals surface area contributed by atoms with Gasteiger partial charge in [-0.2, -0.15) is 0 Å². The molecule has 2 aromatic heterocycles. The predicted molar refractivity (Wildman–Crippen MR) is 91.3 cm³/mol. The van der Waals surface area contributed by atoms with E-state index in [0.29, 0.717) is 12.1 Å². The highest BCUT2D eigenvalue weighted by Crippen LogP contribution is 2.29. The van der Waals surface area contributed by atoms with Gasteiger partial charge in [-0.25, -0.2) is 4.98 Å². The third-order valence-electron chi connectivity index (χ3n) is 4.01. The fourth-order valence-corrected chi connectivity index (χ4v) is 2.84. The highest BCUT2D eigenvalue weighted by atomic mass is 16.6. The Morgan fingerprint density at radius 3 is 2.75 bits per heavy atom. The highest BCUT2D eigenvalue weighted by Gasteiger charge is 2.16. The Bertz CT molecular complexity index is 898. The van der Waals surface area contributed by atoms with Gasteiger partial charge in [0.25, 0.3) is 5.69 Å². The van der Waals surface area contributed by atoms with Crippen LogP contribution in [-0.4, -0.2) is 21.6 Å². The Labute approximate surface area is 138 Å². The molecule has 0 aliphatic carbocycles. The van der Waals surface area contributed by atoms with Crippen molar-refractivity contribution >= 4 is 22.3 Å². The standard InChI is InChI=1S/C17H18N4O3/c1-10-9-15(18-8-7-13-11(2)20-24-12(13)3)14-5-4-6-16(21(22)23)17(14)19-10/h4-6,9H,7-8H2,1-3H3,(H,18,19). The Morgan fingerprint density at radius 1 is 1.29 bits per heavy atom. The largest absolute Gasteiger partial charge is 0.384 e. The van der Waals surface area contributed by atoms with Crippen LogP contribution in [-0.2, 0) is 6.42 Å². The molecule has 0 saturated heterocycles. The Hall–Kier alpha value is -2.96. The van der Waals surface area contributed by atoms with Gasteiger partial charge in [-0.3, -0.25) is 10.1 Å². The van der Waals surface area contributed by atoms with Crippen molar-refractivity contribution in [2.24, 2.45) is 0 Å². The molecule has 1 aromatic carbocycles. The molecular weight excluding hydrogens is 308 g/mol. The van der Waals surface area contributed by atoms with Crippen LogP contribution in [0, 0.1) is 30.9 Å². The van der Waals surface area contributed by atoms with E-state index in [2.05, 4.69) is 15.5 Å². The molecular formula is C17H18N4O3. The summed E-state index contributed by atoms with van der Waals surface area (Å²) >= 11 is 0. The van der Waals surface area contributed by atoms with Crippen molar-refractivity contribution in [1.82, 2.24) is 10.1 Å². The summed E-state index contributed by atoms with van der Waals surface area (Å²) in [6, 6.07) is 6.89. The summed E-state index contributed by atoms with van der Waals surface area (Å²) in [6.07, 6.45) is 0.763. The number of rotatable bonds is 5. The van der Waals surface area contributed by atoms with Crippen LogP contribution in [0.3, 0.4) is 0 Å². The maximum absolute atomic E-state index is 11.2. The van der Waals surface area contributed by atoms with Gasteiger partial charge in [0.15, 0.2) is 5.52 Å². The number of hydrogen-bond acceptors (Lipinski definition) is 6. The van der Waals surface area contributed by atoms with E-state index in [0.717, 1.165) is 40.2 Å². The lowest BCUT2D eigenvalue weighted by molar-refractivity contribution is -0.383. The van der Waals surface area contributed by atoms with E-state index in [1.165, 1.54) is 6.07 Å². The lowest BCUT2D eigenvalue weighted by Crippen LogP contribution is -2.07. The molecule has 2 heterocycles. The van der Waals surface area contributed by atoms with Crippen molar-refractivity contribution < 1.29 is 9.45 Å². The second-order valence-corrected chi connectivity index (χ2v) is 5.72. The van der Waals surface area contributed by atoms with Crippen LogP contribution in [0.2, 0.25) is 0 Å². The van der Waals surface area contributed by atoms with Gasteiger partial charge in [0.1, 0.15) is 5.76 Å². The normalized spacial score (nSPS) is 11.0. The number of nitrogens with zero attached hydrogens (tertiary/aromatic N) is 3. The van der Waals surface area contributed by atoms with E-state index in [-0.39, 0.29) is 5.69 Å². The molecule has 0 amide bonds. The molecule has 24 heavy (non-hydrogen) atoms. The number of pyridine rings is 1. The fraction of sp³-hybridized carbons (Fsp3) is 0.294.